The van der Waals surface area contributed by atoms with E-state index in [-0.39, 0.29) is 5.91 Å². The average Bonchev–Trinajstić information content (AvgIpc) is 2.66. The summed E-state index contributed by atoms with van der Waals surface area (Å²) in [6.45, 7) is 3.59. The van der Waals surface area contributed by atoms with E-state index in [2.05, 4.69) is 5.32 Å². The third-order valence-electron chi connectivity index (χ3n) is 3.47. The van der Waals surface area contributed by atoms with E-state index in [4.69, 9.17) is 4.74 Å². The van der Waals surface area contributed by atoms with Crippen LogP contribution in [0.5, 0.6) is 0 Å². The summed E-state index contributed by atoms with van der Waals surface area (Å²) in [5.74, 6) is 0.234. The quantitative estimate of drug-likeness (QED) is 0.773. The fourth-order valence-corrected chi connectivity index (χ4v) is 2.47. The topological polar surface area (TPSA) is 41.6 Å². The summed E-state index contributed by atoms with van der Waals surface area (Å²) in [5.41, 5.74) is 0. The van der Waals surface area contributed by atoms with Crippen molar-refractivity contribution in [2.45, 2.75) is 38.1 Å². The van der Waals surface area contributed by atoms with Crippen LogP contribution in [0.25, 0.3) is 0 Å². The highest BCUT2D eigenvalue weighted by atomic mass is 16.5. The van der Waals surface area contributed by atoms with Gasteiger partial charge in [-0.1, -0.05) is 12.8 Å². The minimum absolute atomic E-state index is 0.234. The van der Waals surface area contributed by atoms with Crippen molar-refractivity contribution in [3.63, 3.8) is 0 Å². The second-order valence-corrected chi connectivity index (χ2v) is 4.71. The van der Waals surface area contributed by atoms with Crippen molar-refractivity contribution < 1.29 is 9.53 Å². The molecule has 0 atom stereocenters. The van der Waals surface area contributed by atoms with Crippen LogP contribution in [0, 0.1) is 0 Å². The second kappa shape index (κ2) is 6.21. The molecular weight excluding hydrogens is 204 g/mol. The van der Waals surface area contributed by atoms with Crippen molar-refractivity contribution in [3.05, 3.63) is 0 Å². The maximum absolute atomic E-state index is 11.9. The first kappa shape index (κ1) is 11.9. The molecule has 92 valence electrons. The summed E-state index contributed by atoms with van der Waals surface area (Å²) < 4.78 is 5.34. The number of ether oxygens (including phenoxy) is 1. The van der Waals surface area contributed by atoms with Crippen LogP contribution in [0.4, 0.5) is 0 Å². The smallest absolute Gasteiger partial charge is 0.236 e. The molecule has 1 saturated carbocycles. The van der Waals surface area contributed by atoms with E-state index in [0.717, 1.165) is 26.1 Å². The van der Waals surface area contributed by atoms with Gasteiger partial charge < -0.3 is 15.0 Å². The van der Waals surface area contributed by atoms with Gasteiger partial charge in [0.2, 0.25) is 5.91 Å². The fraction of sp³-hybridized carbons (Fsp3) is 0.917. The number of hydrogen-bond donors (Lipinski definition) is 1. The van der Waals surface area contributed by atoms with Crippen LogP contribution < -0.4 is 5.32 Å². The Labute approximate surface area is 97.3 Å². The Balaban J connectivity index is 1.69. The molecule has 0 aromatic carbocycles. The fourth-order valence-electron chi connectivity index (χ4n) is 2.47. The molecule has 0 radical (unpaired) electrons. The van der Waals surface area contributed by atoms with Gasteiger partial charge in [0, 0.05) is 25.7 Å². The lowest BCUT2D eigenvalue weighted by atomic mass is 10.2. The molecule has 16 heavy (non-hydrogen) atoms. The van der Waals surface area contributed by atoms with Gasteiger partial charge in [-0.05, 0) is 19.3 Å². The first-order chi connectivity index (χ1) is 7.86. The van der Waals surface area contributed by atoms with Crippen LogP contribution in [-0.2, 0) is 9.53 Å². The summed E-state index contributed by atoms with van der Waals surface area (Å²) in [4.78, 5) is 13.8. The van der Waals surface area contributed by atoms with Gasteiger partial charge in [-0.2, -0.15) is 0 Å². The molecule has 1 heterocycles. The van der Waals surface area contributed by atoms with Crippen molar-refractivity contribution in [1.82, 2.24) is 10.2 Å². The third-order valence-corrected chi connectivity index (χ3v) is 3.47. The van der Waals surface area contributed by atoms with E-state index in [1.54, 1.807) is 0 Å². The number of amides is 1. The van der Waals surface area contributed by atoms with Crippen molar-refractivity contribution in [1.29, 1.82) is 0 Å². The Hall–Kier alpha value is -0.610. The molecule has 1 aliphatic carbocycles. The van der Waals surface area contributed by atoms with Gasteiger partial charge in [-0.3, -0.25) is 4.79 Å². The summed E-state index contributed by atoms with van der Waals surface area (Å²) in [6.07, 6.45) is 6.05. The van der Waals surface area contributed by atoms with Gasteiger partial charge in [-0.15, -0.1) is 0 Å². The number of nitrogens with one attached hydrogen (secondary N) is 1. The largest absolute Gasteiger partial charge is 0.380 e. The SMILES string of the molecule is O=C(CNC1CCCC1)N1CCCOCC1. The van der Waals surface area contributed by atoms with E-state index >= 15 is 0 Å². The molecule has 0 spiro atoms. The van der Waals surface area contributed by atoms with Crippen LogP contribution in [0.3, 0.4) is 0 Å². The molecule has 1 saturated heterocycles. The molecule has 1 N–H and O–H groups in total. The summed E-state index contributed by atoms with van der Waals surface area (Å²) in [7, 11) is 0. The van der Waals surface area contributed by atoms with E-state index in [1.165, 1.54) is 25.7 Å². The highest BCUT2D eigenvalue weighted by Crippen LogP contribution is 2.17. The predicted molar refractivity (Wildman–Crippen MR) is 62.3 cm³/mol. The number of carbonyl (C=O) groups is 1. The van der Waals surface area contributed by atoms with E-state index in [0.29, 0.717) is 19.2 Å². The molecule has 0 bridgehead atoms. The minimum atomic E-state index is 0.234. The molecule has 2 aliphatic rings. The number of nitrogens with zero attached hydrogens (tertiary/aromatic N) is 1. The standard InChI is InChI=1S/C12H22N2O2/c15-12(10-13-11-4-1-2-5-11)14-6-3-8-16-9-7-14/h11,13H,1-10H2. The maximum Gasteiger partial charge on any atom is 0.236 e. The Morgan fingerprint density at radius 3 is 2.81 bits per heavy atom. The van der Waals surface area contributed by atoms with Crippen LogP contribution in [0.15, 0.2) is 0 Å². The molecule has 2 rings (SSSR count). The Kier molecular flexibility index (Phi) is 4.60. The van der Waals surface area contributed by atoms with Gasteiger partial charge in [0.25, 0.3) is 0 Å². The van der Waals surface area contributed by atoms with Crippen LogP contribution >= 0.6 is 0 Å². The highest BCUT2D eigenvalue weighted by molar-refractivity contribution is 5.78. The van der Waals surface area contributed by atoms with Crippen molar-refractivity contribution in [3.8, 4) is 0 Å². The zero-order chi connectivity index (χ0) is 11.2. The molecule has 4 heteroatoms. The lowest BCUT2D eigenvalue weighted by Crippen LogP contribution is -2.42. The first-order valence-corrected chi connectivity index (χ1v) is 6.45. The zero-order valence-electron chi connectivity index (χ0n) is 9.91. The third kappa shape index (κ3) is 3.46. The number of rotatable bonds is 3. The van der Waals surface area contributed by atoms with Crippen molar-refractivity contribution in [2.24, 2.45) is 0 Å². The van der Waals surface area contributed by atoms with Gasteiger partial charge in [-0.25, -0.2) is 0 Å². The zero-order valence-corrected chi connectivity index (χ0v) is 9.91. The molecule has 0 unspecified atom stereocenters. The molecule has 4 nitrogen and oxygen atoms in total. The molecular formula is C12H22N2O2. The molecule has 1 amide bonds. The predicted octanol–water partition coefficient (Wildman–Crippen LogP) is 0.767. The molecule has 2 fully saturated rings. The Bertz CT molecular complexity index is 219. The molecule has 0 aromatic heterocycles. The normalized spacial score (nSPS) is 23.4. The van der Waals surface area contributed by atoms with Crippen molar-refractivity contribution in [2.75, 3.05) is 32.8 Å². The highest BCUT2D eigenvalue weighted by Gasteiger charge is 2.19. The average molecular weight is 226 g/mol. The second-order valence-electron chi connectivity index (χ2n) is 4.71. The van der Waals surface area contributed by atoms with Crippen LogP contribution in [0.2, 0.25) is 0 Å². The van der Waals surface area contributed by atoms with Gasteiger partial charge >= 0.3 is 0 Å². The van der Waals surface area contributed by atoms with Gasteiger partial charge in [0.1, 0.15) is 0 Å². The summed E-state index contributed by atoms with van der Waals surface area (Å²) in [5, 5.41) is 3.37. The number of carbonyl (C=O) groups excluding carboxylic acids is 1. The first-order valence-electron chi connectivity index (χ1n) is 6.45. The van der Waals surface area contributed by atoms with E-state index in [9.17, 15) is 4.79 Å². The van der Waals surface area contributed by atoms with Crippen LogP contribution in [-0.4, -0.2) is 49.7 Å². The minimum Gasteiger partial charge on any atom is -0.380 e. The molecule has 0 aromatic rings. The summed E-state index contributed by atoms with van der Waals surface area (Å²) in [6, 6.07) is 0.576. The lowest BCUT2D eigenvalue weighted by molar-refractivity contribution is -0.130. The Morgan fingerprint density at radius 2 is 2.00 bits per heavy atom. The Morgan fingerprint density at radius 1 is 1.19 bits per heavy atom. The maximum atomic E-state index is 11.9. The van der Waals surface area contributed by atoms with Gasteiger partial charge in [0.15, 0.2) is 0 Å². The lowest BCUT2D eigenvalue weighted by Gasteiger charge is -2.21. The van der Waals surface area contributed by atoms with Crippen molar-refractivity contribution >= 4 is 5.91 Å². The van der Waals surface area contributed by atoms with Crippen LogP contribution in [0.1, 0.15) is 32.1 Å². The van der Waals surface area contributed by atoms with E-state index < -0.39 is 0 Å². The summed E-state index contributed by atoms with van der Waals surface area (Å²) >= 11 is 0. The molecule has 1 aliphatic heterocycles. The monoisotopic (exact) mass is 226 g/mol. The number of hydrogen-bond acceptors (Lipinski definition) is 3. The van der Waals surface area contributed by atoms with Gasteiger partial charge in [0.05, 0.1) is 13.2 Å². The van der Waals surface area contributed by atoms with E-state index in [1.807, 2.05) is 4.90 Å².